The van der Waals surface area contributed by atoms with Crippen molar-refractivity contribution in [1.82, 2.24) is 0 Å². The first-order chi connectivity index (χ1) is 6.20. The fourth-order valence-electron chi connectivity index (χ4n) is 0.815. The van der Waals surface area contributed by atoms with Crippen molar-refractivity contribution in [2.45, 2.75) is 27.1 Å². The lowest BCUT2D eigenvalue weighted by Crippen LogP contribution is -2.24. The van der Waals surface area contributed by atoms with Crippen molar-refractivity contribution in [3.63, 3.8) is 0 Å². The molecule has 0 aromatic heterocycles. The highest BCUT2D eigenvalue weighted by atomic mass is 16.7. The number of carbonyl (C=O) groups is 1. The predicted octanol–water partition coefficient (Wildman–Crippen LogP) is 0.991. The van der Waals surface area contributed by atoms with Crippen LogP contribution in [0.4, 0.5) is 0 Å². The number of ketones is 1. The molecule has 0 amide bonds. The van der Waals surface area contributed by atoms with Crippen LogP contribution in [0.2, 0.25) is 0 Å². The zero-order chi connectivity index (χ0) is 10.1. The zero-order valence-corrected chi connectivity index (χ0v) is 8.54. The van der Waals surface area contributed by atoms with Crippen LogP contribution in [-0.2, 0) is 19.0 Å². The Kier molecular flexibility index (Phi) is 7.88. The smallest absolute Gasteiger partial charge is 0.180 e. The van der Waals surface area contributed by atoms with Crippen LogP contribution in [0.25, 0.3) is 0 Å². The summed E-state index contributed by atoms with van der Waals surface area (Å²) in [5, 5.41) is 0. The molecule has 0 saturated heterocycles. The van der Waals surface area contributed by atoms with Gasteiger partial charge in [-0.15, -0.1) is 0 Å². The summed E-state index contributed by atoms with van der Waals surface area (Å²) < 4.78 is 15.5. The van der Waals surface area contributed by atoms with Crippen molar-refractivity contribution < 1.29 is 19.0 Å². The van der Waals surface area contributed by atoms with E-state index in [-0.39, 0.29) is 18.7 Å². The van der Waals surface area contributed by atoms with E-state index in [1.54, 1.807) is 0 Å². The van der Waals surface area contributed by atoms with Gasteiger partial charge in [0.2, 0.25) is 0 Å². The lowest BCUT2D eigenvalue weighted by molar-refractivity contribution is -0.168. The van der Waals surface area contributed by atoms with E-state index in [9.17, 15) is 4.79 Å². The molecule has 78 valence electrons. The molecule has 0 aliphatic heterocycles. The summed E-state index contributed by atoms with van der Waals surface area (Å²) in [5.41, 5.74) is 0. The van der Waals surface area contributed by atoms with Gasteiger partial charge >= 0.3 is 0 Å². The summed E-state index contributed by atoms with van der Waals surface area (Å²) in [5.74, 6) is 0.00625. The second-order valence-electron chi connectivity index (χ2n) is 2.56. The highest BCUT2D eigenvalue weighted by Crippen LogP contribution is 1.95. The Bertz CT molecular complexity index is 130. The van der Waals surface area contributed by atoms with E-state index in [1.807, 2.05) is 13.8 Å². The Morgan fingerprint density at radius 1 is 1.23 bits per heavy atom. The minimum absolute atomic E-state index is 0.00625. The molecule has 0 spiro atoms. The van der Waals surface area contributed by atoms with E-state index >= 15 is 0 Å². The van der Waals surface area contributed by atoms with Crippen molar-refractivity contribution in [3.8, 4) is 0 Å². The third-order valence-corrected chi connectivity index (χ3v) is 1.26. The van der Waals surface area contributed by atoms with Crippen molar-refractivity contribution in [3.05, 3.63) is 0 Å². The lowest BCUT2D eigenvalue weighted by Gasteiger charge is -2.16. The minimum atomic E-state index is -0.352. The maximum absolute atomic E-state index is 10.5. The average Bonchev–Trinajstić information content (AvgIpc) is 2.04. The quantitative estimate of drug-likeness (QED) is 0.535. The monoisotopic (exact) mass is 190 g/mol. The fourth-order valence-corrected chi connectivity index (χ4v) is 0.815. The molecule has 0 bridgehead atoms. The molecule has 0 aromatic carbocycles. The SMILES string of the molecule is CCOC(COCC(C)=O)OCC. The highest BCUT2D eigenvalue weighted by Gasteiger charge is 2.07. The molecule has 4 heteroatoms. The molecule has 0 N–H and O–H groups in total. The van der Waals surface area contributed by atoms with Crippen molar-refractivity contribution in [2.75, 3.05) is 26.4 Å². The first-order valence-corrected chi connectivity index (χ1v) is 4.51. The first kappa shape index (κ1) is 12.6. The van der Waals surface area contributed by atoms with Crippen molar-refractivity contribution in [1.29, 1.82) is 0 Å². The summed E-state index contributed by atoms with van der Waals surface area (Å²) >= 11 is 0. The van der Waals surface area contributed by atoms with Crippen LogP contribution in [0.1, 0.15) is 20.8 Å². The molecular weight excluding hydrogens is 172 g/mol. The Balaban J connectivity index is 3.49. The van der Waals surface area contributed by atoms with E-state index in [0.29, 0.717) is 19.8 Å². The number of carbonyl (C=O) groups excluding carboxylic acids is 1. The molecule has 0 aliphatic carbocycles. The van der Waals surface area contributed by atoms with E-state index in [2.05, 4.69) is 0 Å². The third kappa shape index (κ3) is 7.90. The van der Waals surface area contributed by atoms with Gasteiger partial charge in [-0.1, -0.05) is 0 Å². The second kappa shape index (κ2) is 8.16. The summed E-state index contributed by atoms with van der Waals surface area (Å²) in [6.07, 6.45) is -0.352. The third-order valence-electron chi connectivity index (χ3n) is 1.26. The summed E-state index contributed by atoms with van der Waals surface area (Å²) in [6.45, 7) is 6.84. The summed E-state index contributed by atoms with van der Waals surface area (Å²) in [7, 11) is 0. The molecule has 13 heavy (non-hydrogen) atoms. The van der Waals surface area contributed by atoms with Gasteiger partial charge in [-0.05, 0) is 20.8 Å². The predicted molar refractivity (Wildman–Crippen MR) is 48.5 cm³/mol. The van der Waals surface area contributed by atoms with Crippen molar-refractivity contribution >= 4 is 5.78 Å². The number of rotatable bonds is 8. The van der Waals surface area contributed by atoms with Crippen molar-refractivity contribution in [2.24, 2.45) is 0 Å². The normalized spacial score (nSPS) is 10.8. The Morgan fingerprint density at radius 3 is 2.15 bits per heavy atom. The van der Waals surface area contributed by atoms with Gasteiger partial charge in [0.25, 0.3) is 0 Å². The van der Waals surface area contributed by atoms with Crippen LogP contribution in [-0.4, -0.2) is 38.5 Å². The van der Waals surface area contributed by atoms with E-state index in [4.69, 9.17) is 14.2 Å². The second-order valence-corrected chi connectivity index (χ2v) is 2.56. The van der Waals surface area contributed by atoms with Gasteiger partial charge < -0.3 is 14.2 Å². The first-order valence-electron chi connectivity index (χ1n) is 4.51. The standard InChI is InChI=1S/C9H18O4/c1-4-12-9(13-5-2)7-11-6-8(3)10/h9H,4-7H2,1-3H3. The highest BCUT2D eigenvalue weighted by molar-refractivity contribution is 5.76. The molecule has 0 aromatic rings. The Labute approximate surface area is 79.2 Å². The largest absolute Gasteiger partial charge is 0.368 e. The summed E-state index contributed by atoms with van der Waals surface area (Å²) in [6, 6.07) is 0. The minimum Gasteiger partial charge on any atom is -0.368 e. The van der Waals surface area contributed by atoms with Crippen LogP contribution >= 0.6 is 0 Å². The van der Waals surface area contributed by atoms with Gasteiger partial charge in [0.05, 0.1) is 6.61 Å². The van der Waals surface area contributed by atoms with Gasteiger partial charge in [-0.25, -0.2) is 0 Å². The van der Waals surface area contributed by atoms with Crippen LogP contribution in [0.15, 0.2) is 0 Å². The average molecular weight is 190 g/mol. The molecular formula is C9H18O4. The van der Waals surface area contributed by atoms with E-state index < -0.39 is 0 Å². The summed E-state index contributed by atoms with van der Waals surface area (Å²) in [4.78, 5) is 10.5. The molecule has 0 fully saturated rings. The Hall–Kier alpha value is -0.450. The number of hydrogen-bond acceptors (Lipinski definition) is 4. The number of ether oxygens (including phenoxy) is 3. The van der Waals surface area contributed by atoms with Crippen LogP contribution in [0.5, 0.6) is 0 Å². The molecule has 0 unspecified atom stereocenters. The van der Waals surface area contributed by atoms with Gasteiger partial charge in [0.1, 0.15) is 6.61 Å². The molecule has 4 nitrogen and oxygen atoms in total. The number of hydrogen-bond donors (Lipinski definition) is 0. The van der Waals surface area contributed by atoms with Crippen LogP contribution in [0, 0.1) is 0 Å². The van der Waals surface area contributed by atoms with Gasteiger partial charge in [-0.3, -0.25) is 4.79 Å². The fraction of sp³-hybridized carbons (Fsp3) is 0.889. The Morgan fingerprint density at radius 2 is 1.77 bits per heavy atom. The topological polar surface area (TPSA) is 44.8 Å². The van der Waals surface area contributed by atoms with Gasteiger partial charge in [0.15, 0.2) is 12.1 Å². The molecule has 0 rings (SSSR count). The van der Waals surface area contributed by atoms with Gasteiger partial charge in [-0.2, -0.15) is 0 Å². The van der Waals surface area contributed by atoms with Crippen LogP contribution in [0.3, 0.4) is 0 Å². The maximum atomic E-state index is 10.5. The number of Topliss-reactive ketones (excluding diaryl/α,β-unsaturated/α-hetero) is 1. The maximum Gasteiger partial charge on any atom is 0.180 e. The molecule has 0 saturated carbocycles. The van der Waals surface area contributed by atoms with Crippen LogP contribution < -0.4 is 0 Å². The lowest BCUT2D eigenvalue weighted by atomic mass is 10.5. The van der Waals surface area contributed by atoms with E-state index in [0.717, 1.165) is 0 Å². The molecule has 0 radical (unpaired) electrons. The molecule has 0 aliphatic rings. The van der Waals surface area contributed by atoms with Gasteiger partial charge in [0, 0.05) is 13.2 Å². The molecule has 0 heterocycles. The zero-order valence-electron chi connectivity index (χ0n) is 8.54. The molecule has 0 atom stereocenters. The van der Waals surface area contributed by atoms with E-state index in [1.165, 1.54) is 6.92 Å².